The van der Waals surface area contributed by atoms with Crippen LogP contribution in [-0.4, -0.2) is 11.7 Å². The van der Waals surface area contributed by atoms with E-state index in [1.165, 1.54) is 36.4 Å². The maximum Gasteiger partial charge on any atom is 0.142 e. The van der Waals surface area contributed by atoms with Crippen molar-refractivity contribution in [1.82, 2.24) is 0 Å². The lowest BCUT2D eigenvalue weighted by molar-refractivity contribution is 0.304. The van der Waals surface area contributed by atoms with Crippen LogP contribution >= 0.6 is 11.6 Å². The summed E-state index contributed by atoms with van der Waals surface area (Å²) in [6, 6.07) is 8.11. The van der Waals surface area contributed by atoms with Crippen molar-refractivity contribution >= 4 is 11.6 Å². The highest BCUT2D eigenvalue weighted by molar-refractivity contribution is 6.31. The van der Waals surface area contributed by atoms with Crippen LogP contribution in [0.5, 0.6) is 5.75 Å². The third-order valence-corrected chi connectivity index (χ3v) is 3.01. The fourth-order valence-corrected chi connectivity index (χ4v) is 1.81. The Morgan fingerprint density at radius 3 is 2.67 bits per heavy atom. The van der Waals surface area contributed by atoms with Crippen LogP contribution < -0.4 is 4.74 Å². The van der Waals surface area contributed by atoms with Gasteiger partial charge in [0.2, 0.25) is 0 Å². The van der Waals surface area contributed by atoms with Crippen LogP contribution in [0.15, 0.2) is 36.4 Å². The Kier molecular flexibility index (Phi) is 5.15. The molecule has 2 aromatic carbocycles. The van der Waals surface area contributed by atoms with Gasteiger partial charge >= 0.3 is 0 Å². The van der Waals surface area contributed by atoms with Crippen molar-refractivity contribution in [3.8, 4) is 17.6 Å². The van der Waals surface area contributed by atoms with E-state index in [-0.39, 0.29) is 24.5 Å². The van der Waals surface area contributed by atoms with Crippen LogP contribution in [0.4, 0.5) is 8.78 Å². The molecule has 0 aliphatic carbocycles. The number of halogens is 3. The highest BCUT2D eigenvalue weighted by atomic mass is 35.5. The van der Waals surface area contributed by atoms with E-state index < -0.39 is 11.6 Å². The van der Waals surface area contributed by atoms with Crippen molar-refractivity contribution in [3.05, 3.63) is 64.2 Å². The zero-order valence-electron chi connectivity index (χ0n) is 10.9. The lowest BCUT2D eigenvalue weighted by atomic mass is 10.2. The summed E-state index contributed by atoms with van der Waals surface area (Å²) in [7, 11) is 0. The fraction of sp³-hybridized carbons (Fsp3) is 0.125. The molecule has 0 heterocycles. The van der Waals surface area contributed by atoms with Gasteiger partial charge in [-0.15, -0.1) is 0 Å². The molecule has 0 spiro atoms. The van der Waals surface area contributed by atoms with Crippen molar-refractivity contribution in [3.63, 3.8) is 0 Å². The minimum atomic E-state index is -0.557. The molecule has 0 amide bonds. The number of benzene rings is 2. The van der Waals surface area contributed by atoms with E-state index in [1.54, 1.807) is 0 Å². The number of aliphatic hydroxyl groups is 1. The zero-order valence-corrected chi connectivity index (χ0v) is 11.6. The van der Waals surface area contributed by atoms with E-state index >= 15 is 0 Å². The first-order valence-electron chi connectivity index (χ1n) is 6.06. The lowest BCUT2D eigenvalue weighted by Crippen LogP contribution is -1.98. The standard InChI is InChI=1S/C16H11ClF2O2/c17-15-6-4-13(18)8-12(15)10-21-14-5-3-11(2-1-7-20)16(19)9-14/h3-6,8-9,20H,7,10H2. The van der Waals surface area contributed by atoms with Gasteiger partial charge in [0.25, 0.3) is 0 Å². The summed E-state index contributed by atoms with van der Waals surface area (Å²) in [5.74, 6) is 4.15. The van der Waals surface area contributed by atoms with Crippen molar-refractivity contribution in [1.29, 1.82) is 0 Å². The summed E-state index contributed by atoms with van der Waals surface area (Å²) in [5, 5.41) is 8.94. The summed E-state index contributed by atoms with van der Waals surface area (Å²) in [6.07, 6.45) is 0. The maximum absolute atomic E-state index is 13.7. The molecule has 0 aliphatic heterocycles. The molecule has 108 valence electrons. The van der Waals surface area contributed by atoms with Crippen LogP contribution in [0, 0.1) is 23.5 Å². The second-order valence-corrected chi connectivity index (χ2v) is 4.53. The van der Waals surface area contributed by atoms with Gasteiger partial charge in [0.15, 0.2) is 0 Å². The van der Waals surface area contributed by atoms with Gasteiger partial charge in [0.05, 0.1) is 5.56 Å². The van der Waals surface area contributed by atoms with Gasteiger partial charge in [-0.2, -0.15) is 0 Å². The smallest absolute Gasteiger partial charge is 0.142 e. The summed E-state index contributed by atoms with van der Waals surface area (Å²) in [4.78, 5) is 0. The van der Waals surface area contributed by atoms with Crippen molar-refractivity contribution in [2.45, 2.75) is 6.61 Å². The van der Waals surface area contributed by atoms with Gasteiger partial charge in [-0.3, -0.25) is 0 Å². The van der Waals surface area contributed by atoms with Gasteiger partial charge in [0, 0.05) is 16.7 Å². The molecule has 1 N–H and O–H groups in total. The predicted octanol–water partition coefficient (Wildman–Crippen LogP) is 3.54. The van der Waals surface area contributed by atoms with Gasteiger partial charge in [-0.25, -0.2) is 8.78 Å². The van der Waals surface area contributed by atoms with Gasteiger partial charge in [-0.05, 0) is 30.3 Å². The average Bonchev–Trinajstić information content (AvgIpc) is 2.47. The Bertz CT molecular complexity index is 705. The highest BCUT2D eigenvalue weighted by Gasteiger charge is 2.06. The Labute approximate surface area is 125 Å². The minimum absolute atomic E-state index is 0.0255. The lowest BCUT2D eigenvalue weighted by Gasteiger charge is -2.08. The molecule has 0 aliphatic rings. The molecule has 0 unspecified atom stereocenters. The molecule has 0 bridgehead atoms. The third kappa shape index (κ3) is 4.19. The Hall–Kier alpha value is -2.09. The van der Waals surface area contributed by atoms with Gasteiger partial charge in [0.1, 0.15) is 30.6 Å². The molecular formula is C16H11ClF2O2. The highest BCUT2D eigenvalue weighted by Crippen LogP contribution is 2.21. The summed E-state index contributed by atoms with van der Waals surface area (Å²) in [6.45, 7) is -0.312. The molecule has 0 fully saturated rings. The summed E-state index contributed by atoms with van der Waals surface area (Å²) < 4.78 is 32.2. The van der Waals surface area contributed by atoms with Crippen LogP contribution in [0.2, 0.25) is 5.02 Å². The van der Waals surface area contributed by atoms with E-state index in [0.717, 1.165) is 0 Å². The molecule has 2 nitrogen and oxygen atoms in total. The van der Waals surface area contributed by atoms with E-state index in [1.807, 2.05) is 0 Å². The largest absolute Gasteiger partial charge is 0.489 e. The van der Waals surface area contributed by atoms with E-state index in [4.69, 9.17) is 21.4 Å². The molecule has 5 heteroatoms. The van der Waals surface area contributed by atoms with Crippen molar-refractivity contribution in [2.24, 2.45) is 0 Å². The normalized spacial score (nSPS) is 9.90. The molecule has 2 aromatic rings. The molecule has 0 aromatic heterocycles. The topological polar surface area (TPSA) is 29.5 Å². The van der Waals surface area contributed by atoms with Gasteiger partial charge < -0.3 is 9.84 Å². The van der Waals surface area contributed by atoms with Crippen LogP contribution in [0.3, 0.4) is 0 Å². The number of hydrogen-bond acceptors (Lipinski definition) is 2. The average molecular weight is 309 g/mol. The van der Waals surface area contributed by atoms with Gasteiger partial charge in [-0.1, -0.05) is 23.4 Å². The molecule has 21 heavy (non-hydrogen) atoms. The maximum atomic E-state index is 13.7. The van der Waals surface area contributed by atoms with Crippen molar-refractivity contribution in [2.75, 3.05) is 6.61 Å². The van der Waals surface area contributed by atoms with E-state index in [9.17, 15) is 8.78 Å². The molecule has 0 saturated heterocycles. The minimum Gasteiger partial charge on any atom is -0.489 e. The first kappa shape index (κ1) is 15.3. The van der Waals surface area contributed by atoms with E-state index in [2.05, 4.69) is 11.8 Å². The molecular weight excluding hydrogens is 298 g/mol. The molecule has 0 atom stereocenters. The summed E-state index contributed by atoms with van der Waals surface area (Å²) >= 11 is 5.91. The number of rotatable bonds is 3. The Morgan fingerprint density at radius 2 is 1.95 bits per heavy atom. The monoisotopic (exact) mass is 308 g/mol. The third-order valence-electron chi connectivity index (χ3n) is 2.64. The Morgan fingerprint density at radius 1 is 1.14 bits per heavy atom. The number of aliphatic hydroxyl groups excluding tert-OH is 1. The SMILES string of the molecule is OCC#Cc1ccc(OCc2cc(F)ccc2Cl)cc1F. The fourth-order valence-electron chi connectivity index (χ4n) is 1.64. The van der Waals surface area contributed by atoms with Crippen molar-refractivity contribution < 1.29 is 18.6 Å². The zero-order chi connectivity index (χ0) is 15.2. The molecule has 2 rings (SSSR count). The van der Waals surface area contributed by atoms with Crippen LogP contribution in [0.25, 0.3) is 0 Å². The number of ether oxygens (including phenoxy) is 1. The molecule has 0 saturated carbocycles. The molecule has 0 radical (unpaired) electrons. The first-order valence-corrected chi connectivity index (χ1v) is 6.44. The van der Waals surface area contributed by atoms with E-state index in [0.29, 0.717) is 10.6 Å². The second-order valence-electron chi connectivity index (χ2n) is 4.13. The quantitative estimate of drug-likeness (QED) is 0.879. The number of hydrogen-bond donors (Lipinski definition) is 1. The van der Waals surface area contributed by atoms with Crippen LogP contribution in [-0.2, 0) is 6.61 Å². The van der Waals surface area contributed by atoms with Crippen LogP contribution in [0.1, 0.15) is 11.1 Å². The predicted molar refractivity (Wildman–Crippen MR) is 76.1 cm³/mol. The summed E-state index contributed by atoms with van der Waals surface area (Å²) in [5.41, 5.74) is 0.640. The first-order chi connectivity index (χ1) is 10.1. The second kappa shape index (κ2) is 7.07. The Balaban J connectivity index is 2.10.